The summed E-state index contributed by atoms with van der Waals surface area (Å²) in [7, 11) is -3.24. The first kappa shape index (κ1) is 12.6. The highest BCUT2D eigenvalue weighted by molar-refractivity contribution is 7.91. The second kappa shape index (κ2) is 4.61. The first-order valence-electron chi connectivity index (χ1n) is 6.42. The number of nitrogens with zero attached hydrogens (tertiary/aromatic N) is 1. The van der Waals surface area contributed by atoms with E-state index in [1.54, 1.807) is 12.1 Å². The molecule has 102 valence electrons. The zero-order chi connectivity index (χ0) is 13.5. The maximum absolute atomic E-state index is 11.7. The van der Waals surface area contributed by atoms with E-state index in [2.05, 4.69) is 15.3 Å². The zero-order valence-electron chi connectivity index (χ0n) is 10.8. The summed E-state index contributed by atoms with van der Waals surface area (Å²) >= 11 is 0. The van der Waals surface area contributed by atoms with Crippen molar-refractivity contribution in [2.45, 2.75) is 24.3 Å². The minimum atomic E-state index is -3.24. The molecule has 1 aromatic heterocycles. The Morgan fingerprint density at radius 3 is 2.89 bits per heavy atom. The lowest BCUT2D eigenvalue weighted by Gasteiger charge is -1.99. The van der Waals surface area contributed by atoms with Crippen LogP contribution in [0.2, 0.25) is 0 Å². The van der Waals surface area contributed by atoms with E-state index < -0.39 is 9.84 Å². The Bertz CT molecular complexity index is 702. The van der Waals surface area contributed by atoms with Gasteiger partial charge in [0.2, 0.25) is 0 Å². The van der Waals surface area contributed by atoms with Gasteiger partial charge in [-0.3, -0.25) is 0 Å². The third-order valence-electron chi connectivity index (χ3n) is 3.35. The monoisotopic (exact) mass is 279 g/mol. The van der Waals surface area contributed by atoms with Gasteiger partial charge in [0.05, 0.1) is 17.0 Å². The molecule has 2 aromatic rings. The second-order valence-corrected chi connectivity index (χ2v) is 7.17. The molecule has 3 rings (SSSR count). The fourth-order valence-corrected chi connectivity index (χ4v) is 2.99. The third kappa shape index (κ3) is 2.79. The van der Waals surface area contributed by atoms with E-state index in [4.69, 9.17) is 0 Å². The summed E-state index contributed by atoms with van der Waals surface area (Å²) in [6.07, 6.45) is 3.83. The van der Waals surface area contributed by atoms with Crippen LogP contribution >= 0.6 is 0 Å². The van der Waals surface area contributed by atoms with Crippen LogP contribution in [0.15, 0.2) is 23.1 Å². The van der Waals surface area contributed by atoms with Crippen LogP contribution in [-0.4, -0.2) is 31.2 Å². The fraction of sp³-hybridized carbons (Fsp3) is 0.462. The van der Waals surface area contributed by atoms with Crippen molar-refractivity contribution in [2.24, 2.45) is 5.92 Å². The summed E-state index contributed by atoms with van der Waals surface area (Å²) < 4.78 is 23.4. The molecular weight excluding hydrogens is 262 g/mol. The molecule has 0 radical (unpaired) electrons. The van der Waals surface area contributed by atoms with Gasteiger partial charge in [0.25, 0.3) is 0 Å². The maximum atomic E-state index is 11.7. The van der Waals surface area contributed by atoms with Crippen LogP contribution in [0.3, 0.4) is 0 Å². The minimum Gasteiger partial charge on any atom is -0.341 e. The number of hydrogen-bond donors (Lipinski definition) is 2. The van der Waals surface area contributed by atoms with Crippen molar-refractivity contribution in [3.8, 4) is 0 Å². The molecule has 1 aromatic carbocycles. The van der Waals surface area contributed by atoms with E-state index in [0.29, 0.717) is 12.1 Å². The molecule has 2 N–H and O–H groups in total. The number of para-hydroxylation sites is 1. The third-order valence-corrected chi connectivity index (χ3v) is 4.47. The normalized spacial score (nSPS) is 16.1. The molecule has 5 nitrogen and oxygen atoms in total. The molecule has 0 amide bonds. The van der Waals surface area contributed by atoms with Crippen LogP contribution < -0.4 is 5.32 Å². The number of imidazole rings is 1. The van der Waals surface area contributed by atoms with Crippen molar-refractivity contribution in [1.29, 1.82) is 0 Å². The van der Waals surface area contributed by atoms with E-state index in [0.717, 1.165) is 23.8 Å². The standard InChI is InChI=1S/C13H17N3O2S/c1-19(17,18)11-4-2-3-10-13(11)16-12(15-10)8-14-7-9-5-6-9/h2-4,9,14H,5-8H2,1H3,(H,15,16). The number of benzene rings is 1. The molecule has 0 saturated heterocycles. The summed E-state index contributed by atoms with van der Waals surface area (Å²) in [4.78, 5) is 7.85. The highest BCUT2D eigenvalue weighted by Gasteiger charge is 2.20. The summed E-state index contributed by atoms with van der Waals surface area (Å²) in [5.74, 6) is 1.60. The number of nitrogens with one attached hydrogen (secondary N) is 2. The lowest BCUT2D eigenvalue weighted by atomic mass is 10.3. The van der Waals surface area contributed by atoms with E-state index >= 15 is 0 Å². The van der Waals surface area contributed by atoms with Crippen molar-refractivity contribution in [2.75, 3.05) is 12.8 Å². The summed E-state index contributed by atoms with van der Waals surface area (Å²) in [6, 6.07) is 5.18. The van der Waals surface area contributed by atoms with Gasteiger partial charge in [-0.1, -0.05) is 6.07 Å². The van der Waals surface area contributed by atoms with E-state index in [1.165, 1.54) is 19.1 Å². The molecule has 0 bridgehead atoms. The molecule has 0 unspecified atom stereocenters. The van der Waals surface area contributed by atoms with Crippen LogP contribution in [-0.2, 0) is 16.4 Å². The first-order valence-corrected chi connectivity index (χ1v) is 8.31. The van der Waals surface area contributed by atoms with E-state index in [1.807, 2.05) is 6.07 Å². The predicted octanol–water partition coefficient (Wildman–Crippen LogP) is 1.47. The van der Waals surface area contributed by atoms with Gasteiger partial charge in [0.15, 0.2) is 9.84 Å². The number of fused-ring (bicyclic) bond motifs is 1. The molecule has 1 aliphatic rings. The average Bonchev–Trinajstić information content (AvgIpc) is 3.05. The van der Waals surface area contributed by atoms with Gasteiger partial charge >= 0.3 is 0 Å². The molecule has 1 fully saturated rings. The Morgan fingerprint density at radius 1 is 1.42 bits per heavy atom. The Morgan fingerprint density at radius 2 is 2.21 bits per heavy atom. The van der Waals surface area contributed by atoms with Gasteiger partial charge in [-0.15, -0.1) is 0 Å². The first-order chi connectivity index (χ1) is 9.04. The van der Waals surface area contributed by atoms with Crippen molar-refractivity contribution in [1.82, 2.24) is 15.3 Å². The Kier molecular flexibility index (Phi) is 3.06. The number of hydrogen-bond acceptors (Lipinski definition) is 4. The fourth-order valence-electron chi connectivity index (χ4n) is 2.16. The second-order valence-electron chi connectivity index (χ2n) is 5.18. The molecular formula is C13H17N3O2S. The predicted molar refractivity (Wildman–Crippen MR) is 73.6 cm³/mol. The van der Waals surface area contributed by atoms with Crippen molar-refractivity contribution >= 4 is 20.9 Å². The zero-order valence-corrected chi connectivity index (χ0v) is 11.6. The van der Waals surface area contributed by atoms with E-state index in [9.17, 15) is 8.42 Å². The number of rotatable bonds is 5. The van der Waals surface area contributed by atoms with Gasteiger partial charge < -0.3 is 10.3 Å². The molecule has 1 saturated carbocycles. The van der Waals surface area contributed by atoms with Crippen LogP contribution in [0.25, 0.3) is 11.0 Å². The van der Waals surface area contributed by atoms with Crippen molar-refractivity contribution in [3.05, 3.63) is 24.0 Å². The lowest BCUT2D eigenvalue weighted by molar-refractivity contribution is 0.602. The smallest absolute Gasteiger partial charge is 0.177 e. The number of aromatic nitrogens is 2. The van der Waals surface area contributed by atoms with Crippen LogP contribution in [0.5, 0.6) is 0 Å². The van der Waals surface area contributed by atoms with Gasteiger partial charge in [0, 0.05) is 6.26 Å². The van der Waals surface area contributed by atoms with Crippen LogP contribution in [0.1, 0.15) is 18.7 Å². The summed E-state index contributed by atoms with van der Waals surface area (Å²) in [5, 5.41) is 3.34. The molecule has 6 heteroatoms. The summed E-state index contributed by atoms with van der Waals surface area (Å²) in [6.45, 7) is 1.66. The van der Waals surface area contributed by atoms with Crippen molar-refractivity contribution in [3.63, 3.8) is 0 Å². The Hall–Kier alpha value is -1.40. The highest BCUT2D eigenvalue weighted by atomic mass is 32.2. The van der Waals surface area contributed by atoms with Gasteiger partial charge in [-0.05, 0) is 37.4 Å². The number of sulfone groups is 1. The number of aromatic amines is 1. The van der Waals surface area contributed by atoms with Crippen LogP contribution in [0, 0.1) is 5.92 Å². The lowest BCUT2D eigenvalue weighted by Crippen LogP contribution is -2.16. The highest BCUT2D eigenvalue weighted by Crippen LogP contribution is 2.27. The molecule has 1 heterocycles. The van der Waals surface area contributed by atoms with Gasteiger partial charge in [0.1, 0.15) is 11.3 Å². The van der Waals surface area contributed by atoms with Gasteiger partial charge in [-0.25, -0.2) is 13.4 Å². The SMILES string of the molecule is CS(=O)(=O)c1cccc2[nH]c(CNCC3CC3)nc12. The Balaban J connectivity index is 1.87. The van der Waals surface area contributed by atoms with Crippen LogP contribution in [0.4, 0.5) is 0 Å². The van der Waals surface area contributed by atoms with E-state index in [-0.39, 0.29) is 4.90 Å². The largest absolute Gasteiger partial charge is 0.341 e. The maximum Gasteiger partial charge on any atom is 0.177 e. The average molecular weight is 279 g/mol. The quantitative estimate of drug-likeness (QED) is 0.869. The van der Waals surface area contributed by atoms with Gasteiger partial charge in [-0.2, -0.15) is 0 Å². The molecule has 0 spiro atoms. The molecule has 0 atom stereocenters. The number of H-pyrrole nitrogens is 1. The topological polar surface area (TPSA) is 74.8 Å². The van der Waals surface area contributed by atoms with Crippen molar-refractivity contribution < 1.29 is 8.42 Å². The molecule has 1 aliphatic carbocycles. The minimum absolute atomic E-state index is 0.287. The molecule has 0 aliphatic heterocycles. The summed E-state index contributed by atoms with van der Waals surface area (Å²) in [5.41, 5.74) is 1.30. The Labute approximate surface area is 112 Å². The molecule has 19 heavy (non-hydrogen) atoms.